The molecule has 2 rings (SSSR count). The maximum atomic E-state index is 9.28. The highest BCUT2D eigenvalue weighted by atomic mass is 28.4. The maximum Gasteiger partial charge on any atom is 0.192 e. The topological polar surface area (TPSA) is 51.2 Å². The molecule has 1 heterocycles. The zero-order valence-corrected chi connectivity index (χ0v) is 17.8. The van der Waals surface area contributed by atoms with Crippen LogP contribution in [0, 0.1) is 5.92 Å². The third kappa shape index (κ3) is 6.17. The van der Waals surface area contributed by atoms with Crippen molar-refractivity contribution >= 4 is 8.32 Å². The molecule has 1 N–H and O–H groups in total. The summed E-state index contributed by atoms with van der Waals surface area (Å²) in [4.78, 5) is 0. The van der Waals surface area contributed by atoms with Crippen molar-refractivity contribution in [3.05, 3.63) is 35.9 Å². The average molecular weight is 381 g/mol. The number of aliphatic hydroxyl groups excluding tert-OH is 1. The van der Waals surface area contributed by atoms with Crippen LogP contribution in [0.15, 0.2) is 30.3 Å². The third-order valence-corrected chi connectivity index (χ3v) is 10.5. The molecule has 0 unspecified atom stereocenters. The van der Waals surface area contributed by atoms with Gasteiger partial charge in [0, 0.05) is 12.3 Å². The van der Waals surface area contributed by atoms with Gasteiger partial charge in [0.2, 0.25) is 0 Å². The van der Waals surface area contributed by atoms with Crippen molar-refractivity contribution in [3.8, 4) is 0 Å². The fraction of sp³-hybridized carbons (Fsp3) is 0.714. The fourth-order valence-corrected chi connectivity index (χ4v) is 6.51. The van der Waals surface area contributed by atoms with Crippen LogP contribution in [0.4, 0.5) is 0 Å². The Balaban J connectivity index is 1.92. The molecule has 0 bridgehead atoms. The molecule has 1 aliphatic heterocycles. The molecule has 26 heavy (non-hydrogen) atoms. The molecule has 1 aliphatic rings. The first-order valence-electron chi connectivity index (χ1n) is 10.1. The second-order valence-electron chi connectivity index (χ2n) is 7.51. The average Bonchev–Trinajstić information content (AvgIpc) is 3.44. The lowest BCUT2D eigenvalue weighted by Crippen LogP contribution is -2.43. The summed E-state index contributed by atoms with van der Waals surface area (Å²) in [5, 5.41) is 9.28. The molecule has 1 aromatic rings. The number of epoxide rings is 1. The Kier molecular flexibility index (Phi) is 8.77. The summed E-state index contributed by atoms with van der Waals surface area (Å²) < 4.78 is 18.4. The van der Waals surface area contributed by atoms with Crippen LogP contribution in [0.5, 0.6) is 0 Å². The molecule has 0 aliphatic carbocycles. The van der Waals surface area contributed by atoms with E-state index in [-0.39, 0.29) is 24.9 Å². The quantitative estimate of drug-likeness (QED) is 0.407. The number of hydrogen-bond donors (Lipinski definition) is 1. The Morgan fingerprint density at radius 1 is 1.08 bits per heavy atom. The van der Waals surface area contributed by atoms with E-state index in [4.69, 9.17) is 13.9 Å². The van der Waals surface area contributed by atoms with Crippen molar-refractivity contribution in [2.75, 3.05) is 13.2 Å². The van der Waals surface area contributed by atoms with Gasteiger partial charge in [0.05, 0.1) is 32.0 Å². The van der Waals surface area contributed by atoms with Crippen LogP contribution >= 0.6 is 0 Å². The van der Waals surface area contributed by atoms with Crippen LogP contribution < -0.4 is 0 Å². The molecule has 1 aromatic carbocycles. The molecule has 0 radical (unpaired) electrons. The number of hydrogen-bond acceptors (Lipinski definition) is 4. The van der Waals surface area contributed by atoms with Gasteiger partial charge in [0.1, 0.15) is 6.10 Å². The maximum absolute atomic E-state index is 9.28. The summed E-state index contributed by atoms with van der Waals surface area (Å²) >= 11 is 0. The van der Waals surface area contributed by atoms with Gasteiger partial charge in [0.25, 0.3) is 0 Å². The number of benzene rings is 1. The largest absolute Gasteiger partial charge is 0.413 e. The lowest BCUT2D eigenvalue weighted by molar-refractivity contribution is 0.0287. The van der Waals surface area contributed by atoms with Crippen LogP contribution in [-0.2, 0) is 20.5 Å². The van der Waals surface area contributed by atoms with E-state index in [9.17, 15) is 5.11 Å². The molecule has 0 amide bonds. The van der Waals surface area contributed by atoms with Gasteiger partial charge in [-0.05, 0) is 23.7 Å². The molecule has 148 valence electrons. The summed E-state index contributed by atoms with van der Waals surface area (Å²) in [6.45, 7) is 10.4. The standard InChI is InChI=1S/C21H36O4Si/c1-5-26(6-2,7-3)25-19(13-20-21(14-22)24-20)17(4)15-23-16-18-11-9-8-10-12-18/h8-12,17,19-22H,5-7,13-16H2,1-4H3/t17-,19+,20+,21-/m0/s1. The van der Waals surface area contributed by atoms with E-state index in [1.807, 2.05) is 18.2 Å². The predicted octanol–water partition coefficient (Wildman–Crippen LogP) is 4.38. The first-order valence-corrected chi connectivity index (χ1v) is 12.7. The summed E-state index contributed by atoms with van der Waals surface area (Å²) in [5.41, 5.74) is 1.20. The van der Waals surface area contributed by atoms with Crippen LogP contribution in [0.3, 0.4) is 0 Å². The molecule has 0 aromatic heterocycles. The number of rotatable bonds is 13. The minimum Gasteiger partial charge on any atom is -0.413 e. The molecule has 1 fully saturated rings. The summed E-state index contributed by atoms with van der Waals surface area (Å²) in [7, 11) is -1.69. The van der Waals surface area contributed by atoms with Crippen LogP contribution in [0.2, 0.25) is 18.1 Å². The van der Waals surface area contributed by atoms with Crippen molar-refractivity contribution in [2.24, 2.45) is 5.92 Å². The normalized spacial score (nSPS) is 22.2. The van der Waals surface area contributed by atoms with E-state index in [1.54, 1.807) is 0 Å². The molecule has 0 spiro atoms. The lowest BCUT2D eigenvalue weighted by Gasteiger charge is -2.36. The van der Waals surface area contributed by atoms with Gasteiger partial charge in [-0.25, -0.2) is 0 Å². The zero-order valence-electron chi connectivity index (χ0n) is 16.8. The van der Waals surface area contributed by atoms with E-state index in [0.29, 0.717) is 19.1 Å². The molecule has 5 heteroatoms. The van der Waals surface area contributed by atoms with Gasteiger partial charge in [-0.15, -0.1) is 0 Å². The van der Waals surface area contributed by atoms with Gasteiger partial charge in [0.15, 0.2) is 8.32 Å². The van der Waals surface area contributed by atoms with Crippen LogP contribution in [0.25, 0.3) is 0 Å². The minimum absolute atomic E-state index is 0.000478. The molecule has 1 saturated heterocycles. The Labute approximate surface area is 160 Å². The van der Waals surface area contributed by atoms with E-state index < -0.39 is 8.32 Å². The fourth-order valence-electron chi connectivity index (χ4n) is 3.54. The van der Waals surface area contributed by atoms with Crippen molar-refractivity contribution < 1.29 is 19.0 Å². The number of aliphatic hydroxyl groups is 1. The van der Waals surface area contributed by atoms with Crippen molar-refractivity contribution in [2.45, 2.75) is 77.2 Å². The van der Waals surface area contributed by atoms with Crippen LogP contribution in [-0.4, -0.2) is 44.9 Å². The first-order chi connectivity index (χ1) is 12.6. The highest BCUT2D eigenvalue weighted by Crippen LogP contribution is 2.33. The summed E-state index contributed by atoms with van der Waals surface area (Å²) in [5.74, 6) is 0.304. The first kappa shape index (κ1) is 21.6. The third-order valence-electron chi connectivity index (χ3n) is 5.79. The van der Waals surface area contributed by atoms with Crippen molar-refractivity contribution in [3.63, 3.8) is 0 Å². The Morgan fingerprint density at radius 2 is 1.73 bits per heavy atom. The van der Waals surface area contributed by atoms with E-state index in [0.717, 1.165) is 24.6 Å². The second-order valence-corrected chi connectivity index (χ2v) is 12.2. The molecule has 4 nitrogen and oxygen atoms in total. The van der Waals surface area contributed by atoms with E-state index in [1.165, 1.54) is 5.56 Å². The SMILES string of the molecule is CC[Si](CC)(CC)O[C@H](C[C@H]1O[C@H]1CO)[C@@H](C)COCc1ccccc1. The Morgan fingerprint density at radius 3 is 2.27 bits per heavy atom. The lowest BCUT2D eigenvalue weighted by atomic mass is 10.0. The van der Waals surface area contributed by atoms with Gasteiger partial charge in [-0.3, -0.25) is 0 Å². The summed E-state index contributed by atoms with van der Waals surface area (Å²) in [6, 6.07) is 13.7. The van der Waals surface area contributed by atoms with E-state index in [2.05, 4.69) is 39.8 Å². The zero-order chi connectivity index (χ0) is 19.0. The van der Waals surface area contributed by atoms with Gasteiger partial charge in [-0.2, -0.15) is 0 Å². The van der Waals surface area contributed by atoms with Gasteiger partial charge >= 0.3 is 0 Å². The summed E-state index contributed by atoms with van der Waals surface area (Å²) in [6.07, 6.45) is 1.13. The highest BCUT2D eigenvalue weighted by molar-refractivity contribution is 6.73. The predicted molar refractivity (Wildman–Crippen MR) is 108 cm³/mol. The van der Waals surface area contributed by atoms with Gasteiger partial charge < -0.3 is 19.0 Å². The molecule has 0 saturated carbocycles. The Hall–Kier alpha value is -0.723. The highest BCUT2D eigenvalue weighted by Gasteiger charge is 2.43. The molecular weight excluding hydrogens is 344 g/mol. The monoisotopic (exact) mass is 380 g/mol. The second kappa shape index (κ2) is 10.6. The van der Waals surface area contributed by atoms with E-state index >= 15 is 0 Å². The molecule has 4 atom stereocenters. The van der Waals surface area contributed by atoms with Crippen molar-refractivity contribution in [1.29, 1.82) is 0 Å². The Bertz CT molecular complexity index is 498. The van der Waals surface area contributed by atoms with Crippen LogP contribution in [0.1, 0.15) is 39.7 Å². The minimum atomic E-state index is -1.69. The smallest absolute Gasteiger partial charge is 0.192 e. The number of ether oxygens (including phenoxy) is 2. The van der Waals surface area contributed by atoms with Gasteiger partial charge in [-0.1, -0.05) is 58.0 Å². The molecular formula is C21H36O4Si. The van der Waals surface area contributed by atoms with Crippen molar-refractivity contribution in [1.82, 2.24) is 0 Å².